The molecule has 0 fully saturated rings. The van der Waals surface area contributed by atoms with E-state index in [1.54, 1.807) is 23.1 Å². The second kappa shape index (κ2) is 7.63. The van der Waals surface area contributed by atoms with Crippen molar-refractivity contribution in [3.05, 3.63) is 39.1 Å². The Hall–Kier alpha value is -1.83. The molecule has 1 aromatic heterocycles. The van der Waals surface area contributed by atoms with Crippen LogP contribution >= 0.6 is 34.8 Å². The minimum absolute atomic E-state index is 0.0468. The number of rotatable bonds is 6. The number of aromatic nitrogens is 3. The van der Waals surface area contributed by atoms with Crippen molar-refractivity contribution in [3.8, 4) is 0 Å². The molecule has 2 aromatic rings. The number of carboxylic acid groups (broad SMARTS) is 1. The fourth-order valence-electron chi connectivity index (χ4n) is 1.83. The highest BCUT2D eigenvalue weighted by molar-refractivity contribution is 6.42. The van der Waals surface area contributed by atoms with Crippen LogP contribution in [0.1, 0.15) is 12.0 Å². The summed E-state index contributed by atoms with van der Waals surface area (Å²) in [6, 6.07) is 5.11. The molecule has 3 N–H and O–H groups in total. The van der Waals surface area contributed by atoms with Gasteiger partial charge >= 0.3 is 5.97 Å². The maximum atomic E-state index is 10.9. The average molecular weight is 377 g/mol. The Balaban J connectivity index is 2.29. The largest absolute Gasteiger partial charge is 0.481 e. The molecule has 1 heterocycles. The monoisotopic (exact) mass is 375 g/mol. The zero-order valence-electron chi connectivity index (χ0n) is 11.7. The van der Waals surface area contributed by atoms with Crippen LogP contribution in [0.4, 0.5) is 11.9 Å². The molecular formula is C13H12Cl3N5O2. The first-order valence-electron chi connectivity index (χ1n) is 6.43. The lowest BCUT2D eigenvalue weighted by molar-refractivity contribution is -0.136. The third-order valence-electron chi connectivity index (χ3n) is 2.85. The van der Waals surface area contributed by atoms with E-state index in [9.17, 15) is 4.79 Å². The maximum absolute atomic E-state index is 10.9. The summed E-state index contributed by atoms with van der Waals surface area (Å²) in [6.07, 6.45) is -0.107. The summed E-state index contributed by atoms with van der Waals surface area (Å²) in [5.41, 5.74) is 6.37. The van der Waals surface area contributed by atoms with Crippen LogP contribution in [-0.4, -0.2) is 32.6 Å². The van der Waals surface area contributed by atoms with Gasteiger partial charge in [0.1, 0.15) is 0 Å². The number of benzene rings is 1. The highest BCUT2D eigenvalue weighted by atomic mass is 35.5. The van der Waals surface area contributed by atoms with E-state index in [1.165, 1.54) is 0 Å². The van der Waals surface area contributed by atoms with Gasteiger partial charge in [0.2, 0.25) is 17.2 Å². The first-order valence-corrected chi connectivity index (χ1v) is 7.56. The fraction of sp³-hybridized carbons (Fsp3) is 0.231. The van der Waals surface area contributed by atoms with Gasteiger partial charge < -0.3 is 15.7 Å². The SMILES string of the molecule is Nc1nc(Cl)nc(N(CCC(=O)O)Cc2ccc(Cl)c(Cl)c2)n1. The predicted octanol–water partition coefficient (Wildman–Crippen LogP) is 2.90. The quantitative estimate of drug-likeness (QED) is 0.798. The summed E-state index contributed by atoms with van der Waals surface area (Å²) in [6.45, 7) is 0.472. The lowest BCUT2D eigenvalue weighted by Gasteiger charge is -2.22. The van der Waals surface area contributed by atoms with Crippen LogP contribution in [0.2, 0.25) is 15.3 Å². The predicted molar refractivity (Wildman–Crippen MR) is 89.0 cm³/mol. The second-order valence-electron chi connectivity index (χ2n) is 4.58. The van der Waals surface area contributed by atoms with Gasteiger partial charge in [-0.1, -0.05) is 29.3 Å². The number of carbonyl (C=O) groups is 1. The van der Waals surface area contributed by atoms with Crippen molar-refractivity contribution in [2.45, 2.75) is 13.0 Å². The van der Waals surface area contributed by atoms with Gasteiger partial charge in [0, 0.05) is 13.1 Å². The molecule has 0 unspecified atom stereocenters. The van der Waals surface area contributed by atoms with Crippen molar-refractivity contribution < 1.29 is 9.90 Å². The van der Waals surface area contributed by atoms with E-state index in [-0.39, 0.29) is 30.1 Å². The van der Waals surface area contributed by atoms with Gasteiger partial charge in [-0.05, 0) is 29.3 Å². The number of anilines is 2. The van der Waals surface area contributed by atoms with Crippen LogP contribution in [0.3, 0.4) is 0 Å². The Labute approximate surface area is 147 Å². The number of nitrogen functional groups attached to an aromatic ring is 1. The van der Waals surface area contributed by atoms with Crippen LogP contribution in [0.15, 0.2) is 18.2 Å². The molecular weight excluding hydrogens is 365 g/mol. The molecule has 0 atom stereocenters. The van der Waals surface area contributed by atoms with E-state index in [0.717, 1.165) is 5.56 Å². The molecule has 0 spiro atoms. The van der Waals surface area contributed by atoms with Crippen molar-refractivity contribution in [1.82, 2.24) is 15.0 Å². The molecule has 0 saturated carbocycles. The number of hydrogen-bond acceptors (Lipinski definition) is 6. The van der Waals surface area contributed by atoms with Gasteiger partial charge in [0.15, 0.2) is 0 Å². The topological polar surface area (TPSA) is 105 Å². The standard InChI is InChI=1S/C13H12Cl3N5O2/c14-8-2-1-7(5-9(8)15)6-21(4-3-10(22)23)13-19-11(16)18-12(17)20-13/h1-2,5H,3-4,6H2,(H,22,23)(H2,17,18,19,20). The molecule has 1 aromatic carbocycles. The third-order valence-corrected chi connectivity index (χ3v) is 3.76. The Morgan fingerprint density at radius 3 is 2.52 bits per heavy atom. The summed E-state index contributed by atoms with van der Waals surface area (Å²) < 4.78 is 0. The smallest absolute Gasteiger partial charge is 0.305 e. The van der Waals surface area contributed by atoms with Crippen molar-refractivity contribution in [1.29, 1.82) is 0 Å². The highest BCUT2D eigenvalue weighted by Crippen LogP contribution is 2.24. The molecule has 122 valence electrons. The zero-order valence-corrected chi connectivity index (χ0v) is 14.0. The molecule has 0 aliphatic heterocycles. The van der Waals surface area contributed by atoms with Crippen LogP contribution in [0.25, 0.3) is 0 Å². The van der Waals surface area contributed by atoms with Crippen molar-refractivity contribution in [2.24, 2.45) is 0 Å². The van der Waals surface area contributed by atoms with Gasteiger partial charge in [-0.15, -0.1) is 0 Å². The van der Waals surface area contributed by atoms with E-state index in [2.05, 4.69) is 15.0 Å². The van der Waals surface area contributed by atoms with Gasteiger partial charge in [-0.3, -0.25) is 4.79 Å². The van der Waals surface area contributed by atoms with E-state index < -0.39 is 5.97 Å². The summed E-state index contributed by atoms with van der Waals surface area (Å²) in [5, 5.41) is 9.66. The van der Waals surface area contributed by atoms with E-state index in [4.69, 9.17) is 45.6 Å². The van der Waals surface area contributed by atoms with E-state index >= 15 is 0 Å². The number of halogens is 3. The normalized spacial score (nSPS) is 10.6. The van der Waals surface area contributed by atoms with E-state index in [0.29, 0.717) is 16.6 Å². The molecule has 0 radical (unpaired) electrons. The highest BCUT2D eigenvalue weighted by Gasteiger charge is 2.15. The summed E-state index contributed by atoms with van der Waals surface area (Å²) in [4.78, 5) is 24.1. The number of aliphatic carboxylic acids is 1. The molecule has 10 heteroatoms. The molecule has 0 bridgehead atoms. The van der Waals surface area contributed by atoms with Crippen LogP contribution < -0.4 is 10.6 Å². The first kappa shape index (κ1) is 17.5. The van der Waals surface area contributed by atoms with Crippen LogP contribution in [-0.2, 0) is 11.3 Å². The van der Waals surface area contributed by atoms with Crippen molar-refractivity contribution in [2.75, 3.05) is 17.2 Å². The summed E-state index contributed by atoms with van der Waals surface area (Å²) in [5.74, 6) is -0.804. The fourth-order valence-corrected chi connectivity index (χ4v) is 2.32. The molecule has 23 heavy (non-hydrogen) atoms. The van der Waals surface area contributed by atoms with Crippen molar-refractivity contribution >= 4 is 52.7 Å². The molecule has 2 rings (SSSR count). The molecule has 0 aliphatic rings. The molecule has 0 amide bonds. The van der Waals surface area contributed by atoms with Gasteiger partial charge in [0.25, 0.3) is 0 Å². The Morgan fingerprint density at radius 2 is 1.91 bits per heavy atom. The number of carboxylic acids is 1. The number of nitrogens with zero attached hydrogens (tertiary/aromatic N) is 4. The van der Waals surface area contributed by atoms with Gasteiger partial charge in [-0.2, -0.15) is 15.0 Å². The second-order valence-corrected chi connectivity index (χ2v) is 5.73. The van der Waals surface area contributed by atoms with Crippen LogP contribution in [0, 0.1) is 0 Å². The average Bonchev–Trinajstić information content (AvgIpc) is 2.46. The van der Waals surface area contributed by atoms with Gasteiger partial charge in [0.05, 0.1) is 16.5 Å². The third kappa shape index (κ3) is 5.09. The Bertz CT molecular complexity index is 709. The lowest BCUT2D eigenvalue weighted by Crippen LogP contribution is -2.28. The summed E-state index contributed by atoms with van der Waals surface area (Å²) >= 11 is 17.7. The van der Waals surface area contributed by atoms with Gasteiger partial charge in [-0.25, -0.2) is 0 Å². The first-order chi connectivity index (χ1) is 10.8. The number of hydrogen-bond donors (Lipinski definition) is 2. The maximum Gasteiger partial charge on any atom is 0.305 e. The molecule has 7 nitrogen and oxygen atoms in total. The Kier molecular flexibility index (Phi) is 5.81. The Morgan fingerprint density at radius 1 is 1.17 bits per heavy atom. The lowest BCUT2D eigenvalue weighted by atomic mass is 10.2. The van der Waals surface area contributed by atoms with Crippen molar-refractivity contribution in [3.63, 3.8) is 0 Å². The minimum atomic E-state index is -0.947. The summed E-state index contributed by atoms with van der Waals surface area (Å²) in [7, 11) is 0. The zero-order chi connectivity index (χ0) is 17.0. The molecule has 0 aliphatic carbocycles. The van der Waals surface area contributed by atoms with Crippen LogP contribution in [0.5, 0.6) is 0 Å². The minimum Gasteiger partial charge on any atom is -0.481 e. The molecule has 0 saturated heterocycles. The van der Waals surface area contributed by atoms with E-state index in [1.807, 2.05) is 0 Å². The number of nitrogens with two attached hydrogens (primary N) is 1.